The molecule has 4 rings (SSSR count). The zero-order valence-electron chi connectivity index (χ0n) is 17.6. The van der Waals surface area contributed by atoms with Crippen LogP contribution in [0.2, 0.25) is 5.02 Å². The number of carbonyl (C=O) groups excluding carboxylic acids is 1. The normalized spacial score (nSPS) is 11.6. The summed E-state index contributed by atoms with van der Waals surface area (Å²) in [4.78, 5) is 22.9. The number of sulfone groups is 1. The van der Waals surface area contributed by atoms with E-state index in [1.165, 1.54) is 29.2 Å². The van der Waals surface area contributed by atoms with Crippen LogP contribution >= 0.6 is 22.9 Å². The van der Waals surface area contributed by atoms with E-state index >= 15 is 0 Å². The van der Waals surface area contributed by atoms with E-state index in [-0.39, 0.29) is 45.4 Å². The standard InChI is InChI=1S/C23H18ClF2N3O3S2/c24-16-5-7-18(8-6-16)34(31,32)10-2-4-21(30)29(14-15-3-1-9-27-13-15)23-28-22-19(26)11-17(25)12-20(22)33-23/h1,3,5-9,11-13H,2,4,10,14H2. The molecule has 0 unspecified atom stereocenters. The first-order valence-electron chi connectivity index (χ1n) is 10.2. The molecule has 0 atom stereocenters. The molecule has 0 bridgehead atoms. The predicted molar refractivity (Wildman–Crippen MR) is 128 cm³/mol. The van der Waals surface area contributed by atoms with E-state index in [0.29, 0.717) is 10.6 Å². The van der Waals surface area contributed by atoms with Crippen molar-refractivity contribution < 1.29 is 22.0 Å². The molecule has 2 aromatic carbocycles. The van der Waals surface area contributed by atoms with Gasteiger partial charge in [-0.05, 0) is 48.4 Å². The summed E-state index contributed by atoms with van der Waals surface area (Å²) in [7, 11) is -3.60. The lowest BCUT2D eigenvalue weighted by Gasteiger charge is -2.20. The Morgan fingerprint density at radius 3 is 2.59 bits per heavy atom. The number of pyridine rings is 1. The highest BCUT2D eigenvalue weighted by Gasteiger charge is 2.23. The lowest BCUT2D eigenvalue weighted by Crippen LogP contribution is -2.30. The van der Waals surface area contributed by atoms with Crippen molar-refractivity contribution in [2.45, 2.75) is 24.3 Å². The summed E-state index contributed by atoms with van der Waals surface area (Å²) in [5.74, 6) is -2.19. The molecule has 0 aliphatic heterocycles. The van der Waals surface area contributed by atoms with Gasteiger partial charge in [0.25, 0.3) is 0 Å². The summed E-state index contributed by atoms with van der Waals surface area (Å²) in [5, 5.41) is 0.612. The second-order valence-electron chi connectivity index (χ2n) is 7.45. The predicted octanol–water partition coefficient (Wildman–Crippen LogP) is 5.41. The fourth-order valence-electron chi connectivity index (χ4n) is 3.31. The van der Waals surface area contributed by atoms with Gasteiger partial charge in [0.2, 0.25) is 5.91 Å². The van der Waals surface area contributed by atoms with E-state index in [2.05, 4.69) is 9.97 Å². The van der Waals surface area contributed by atoms with Crippen molar-refractivity contribution in [2.24, 2.45) is 0 Å². The van der Waals surface area contributed by atoms with Gasteiger partial charge in [0.1, 0.15) is 11.3 Å². The first kappa shape index (κ1) is 24.2. The van der Waals surface area contributed by atoms with Gasteiger partial charge in [-0.25, -0.2) is 22.2 Å². The topological polar surface area (TPSA) is 80.2 Å². The second-order valence-corrected chi connectivity index (χ2v) is 11.0. The molecule has 0 radical (unpaired) electrons. The van der Waals surface area contributed by atoms with Crippen molar-refractivity contribution >= 4 is 54.0 Å². The lowest BCUT2D eigenvalue weighted by molar-refractivity contribution is -0.118. The average Bonchev–Trinajstić information content (AvgIpc) is 3.22. The van der Waals surface area contributed by atoms with Gasteiger partial charge in [-0.3, -0.25) is 14.7 Å². The van der Waals surface area contributed by atoms with Crippen LogP contribution in [0.15, 0.2) is 65.8 Å². The highest BCUT2D eigenvalue weighted by molar-refractivity contribution is 7.91. The minimum atomic E-state index is -3.60. The van der Waals surface area contributed by atoms with Crippen LogP contribution in [-0.2, 0) is 21.2 Å². The lowest BCUT2D eigenvalue weighted by atomic mass is 10.2. The number of hydrogen-bond acceptors (Lipinski definition) is 6. The maximum Gasteiger partial charge on any atom is 0.229 e. The van der Waals surface area contributed by atoms with Crippen LogP contribution in [0.5, 0.6) is 0 Å². The molecule has 0 saturated carbocycles. The monoisotopic (exact) mass is 521 g/mol. The number of thiazole rings is 1. The van der Waals surface area contributed by atoms with Gasteiger partial charge in [-0.2, -0.15) is 0 Å². The molecule has 4 aromatic rings. The largest absolute Gasteiger partial charge is 0.284 e. The van der Waals surface area contributed by atoms with Crippen LogP contribution in [0.3, 0.4) is 0 Å². The van der Waals surface area contributed by atoms with E-state index in [9.17, 15) is 22.0 Å². The number of hydrogen-bond donors (Lipinski definition) is 0. The van der Waals surface area contributed by atoms with Crippen LogP contribution in [0, 0.1) is 11.6 Å². The molecule has 34 heavy (non-hydrogen) atoms. The van der Waals surface area contributed by atoms with Crippen LogP contribution in [-0.4, -0.2) is 30.0 Å². The van der Waals surface area contributed by atoms with Crippen LogP contribution in [0.1, 0.15) is 18.4 Å². The van der Waals surface area contributed by atoms with Crippen molar-refractivity contribution in [3.8, 4) is 0 Å². The Labute approximate surface area is 203 Å². The SMILES string of the molecule is O=C(CCCS(=O)(=O)c1ccc(Cl)cc1)N(Cc1cccnc1)c1nc2c(F)cc(F)cc2s1. The first-order chi connectivity index (χ1) is 16.2. The Hall–Kier alpha value is -2.95. The molecule has 0 fully saturated rings. The molecule has 0 aliphatic carbocycles. The van der Waals surface area contributed by atoms with Gasteiger partial charge in [0.05, 0.1) is 21.9 Å². The van der Waals surface area contributed by atoms with Crippen molar-refractivity contribution in [2.75, 3.05) is 10.7 Å². The van der Waals surface area contributed by atoms with Gasteiger partial charge in [0, 0.05) is 29.9 Å². The Kier molecular flexibility index (Phi) is 7.20. The summed E-state index contributed by atoms with van der Waals surface area (Å²) in [5.41, 5.74) is 0.672. The third kappa shape index (κ3) is 5.57. The molecule has 2 aromatic heterocycles. The third-order valence-corrected chi connectivity index (χ3v) is 8.07. The molecular weight excluding hydrogens is 504 g/mol. The summed E-state index contributed by atoms with van der Waals surface area (Å²) < 4.78 is 53.3. The van der Waals surface area contributed by atoms with Crippen molar-refractivity contribution in [3.63, 3.8) is 0 Å². The van der Waals surface area contributed by atoms with E-state index < -0.39 is 27.4 Å². The molecule has 2 heterocycles. The van der Waals surface area contributed by atoms with Gasteiger partial charge < -0.3 is 0 Å². The zero-order valence-corrected chi connectivity index (χ0v) is 20.0. The van der Waals surface area contributed by atoms with E-state index in [1.54, 1.807) is 24.5 Å². The number of anilines is 1. The van der Waals surface area contributed by atoms with Gasteiger partial charge in [-0.15, -0.1) is 0 Å². The molecule has 1 amide bonds. The summed E-state index contributed by atoms with van der Waals surface area (Å²) in [6, 6.07) is 11.2. The number of fused-ring (bicyclic) bond motifs is 1. The van der Waals surface area contributed by atoms with Crippen LogP contribution in [0.25, 0.3) is 10.2 Å². The molecule has 176 valence electrons. The molecule has 11 heteroatoms. The Morgan fingerprint density at radius 2 is 1.88 bits per heavy atom. The fourth-order valence-corrected chi connectivity index (χ4v) is 5.76. The smallest absolute Gasteiger partial charge is 0.229 e. The molecular formula is C23H18ClF2N3O3S2. The molecule has 6 nitrogen and oxygen atoms in total. The van der Waals surface area contributed by atoms with Crippen molar-refractivity contribution in [1.82, 2.24) is 9.97 Å². The number of carbonyl (C=O) groups is 1. The Morgan fingerprint density at radius 1 is 1.12 bits per heavy atom. The van der Waals surface area contributed by atoms with Crippen LogP contribution < -0.4 is 4.90 Å². The third-order valence-electron chi connectivity index (χ3n) is 4.97. The molecule has 0 saturated heterocycles. The number of benzene rings is 2. The summed E-state index contributed by atoms with van der Waals surface area (Å²) in [6.45, 7) is 0.0977. The van der Waals surface area contributed by atoms with Crippen molar-refractivity contribution in [3.05, 3.63) is 83.1 Å². The number of amides is 1. The van der Waals surface area contributed by atoms with Gasteiger partial charge in [0.15, 0.2) is 20.8 Å². The number of nitrogens with zero attached hydrogens (tertiary/aromatic N) is 3. The Bertz CT molecular complexity index is 1430. The minimum absolute atomic E-state index is 0.0318. The summed E-state index contributed by atoms with van der Waals surface area (Å²) in [6.07, 6.45) is 3.16. The average molecular weight is 522 g/mol. The zero-order chi connectivity index (χ0) is 24.3. The van der Waals surface area contributed by atoms with Crippen LogP contribution in [0.4, 0.5) is 13.9 Å². The first-order valence-corrected chi connectivity index (χ1v) is 13.0. The van der Waals surface area contributed by atoms with Gasteiger partial charge >= 0.3 is 0 Å². The maximum absolute atomic E-state index is 14.2. The highest BCUT2D eigenvalue weighted by atomic mass is 35.5. The van der Waals surface area contributed by atoms with E-state index in [1.807, 2.05) is 0 Å². The number of rotatable bonds is 8. The molecule has 0 N–H and O–H groups in total. The van der Waals surface area contributed by atoms with Gasteiger partial charge in [-0.1, -0.05) is 29.0 Å². The number of aromatic nitrogens is 2. The molecule has 0 aliphatic rings. The summed E-state index contributed by atoms with van der Waals surface area (Å²) >= 11 is 6.80. The van der Waals surface area contributed by atoms with E-state index in [0.717, 1.165) is 23.5 Å². The number of halogens is 3. The van der Waals surface area contributed by atoms with E-state index in [4.69, 9.17) is 11.6 Å². The Balaban J connectivity index is 1.55. The highest BCUT2D eigenvalue weighted by Crippen LogP contribution is 2.32. The maximum atomic E-state index is 14.2. The van der Waals surface area contributed by atoms with Crippen molar-refractivity contribution in [1.29, 1.82) is 0 Å². The quantitative estimate of drug-likeness (QED) is 0.310. The minimum Gasteiger partial charge on any atom is -0.284 e. The molecule has 0 spiro atoms. The second kappa shape index (κ2) is 10.1. The fraction of sp³-hybridized carbons (Fsp3) is 0.174.